The molecule has 0 aliphatic carbocycles. The Morgan fingerprint density at radius 3 is 2.14 bits per heavy atom. The van der Waals surface area contributed by atoms with E-state index in [0.717, 1.165) is 11.1 Å². The largest absolute Gasteiger partial charge is 0.410 e. The Morgan fingerprint density at radius 1 is 0.955 bits per heavy atom. The van der Waals surface area contributed by atoms with Crippen molar-refractivity contribution < 1.29 is 19.1 Å². The van der Waals surface area contributed by atoms with Gasteiger partial charge in [-0.05, 0) is 23.6 Å². The second-order valence-corrected chi connectivity index (χ2v) is 4.49. The Kier molecular flexibility index (Phi) is 4.63. The van der Waals surface area contributed by atoms with Crippen LogP contribution in [0.5, 0.6) is 11.5 Å². The Bertz CT molecular complexity index is 699. The van der Waals surface area contributed by atoms with Gasteiger partial charge in [-0.3, -0.25) is 0 Å². The van der Waals surface area contributed by atoms with Crippen molar-refractivity contribution in [2.24, 2.45) is 11.5 Å². The van der Waals surface area contributed by atoms with Gasteiger partial charge in [0.1, 0.15) is 0 Å². The van der Waals surface area contributed by atoms with Crippen LogP contribution >= 0.6 is 0 Å². The van der Waals surface area contributed by atoms with E-state index in [9.17, 15) is 9.59 Å². The molecule has 22 heavy (non-hydrogen) atoms. The molecule has 0 heterocycles. The van der Waals surface area contributed by atoms with E-state index in [-0.39, 0.29) is 11.5 Å². The van der Waals surface area contributed by atoms with Crippen molar-refractivity contribution in [3.05, 3.63) is 48.0 Å². The number of carbonyl (C=O) groups is 2. The summed E-state index contributed by atoms with van der Waals surface area (Å²) in [5.74, 6) is 0.124. The summed E-state index contributed by atoms with van der Waals surface area (Å²) >= 11 is 0. The average molecular weight is 300 g/mol. The predicted molar refractivity (Wildman–Crippen MR) is 81.7 cm³/mol. The lowest BCUT2D eigenvalue weighted by Gasteiger charge is -2.16. The third kappa shape index (κ3) is 3.35. The van der Waals surface area contributed by atoms with Crippen LogP contribution in [-0.2, 0) is 6.42 Å². The first-order chi connectivity index (χ1) is 10.5. The number of benzene rings is 2. The van der Waals surface area contributed by atoms with Gasteiger partial charge in [-0.1, -0.05) is 43.3 Å². The topological polar surface area (TPSA) is 105 Å². The molecular formula is C16H16N2O4. The van der Waals surface area contributed by atoms with E-state index >= 15 is 0 Å². The SMILES string of the molecule is CCc1ccc(OC(N)=O)c(OC(N)=O)c1-c1ccccc1. The second kappa shape index (κ2) is 6.62. The van der Waals surface area contributed by atoms with Gasteiger partial charge in [0, 0.05) is 5.56 Å². The van der Waals surface area contributed by atoms with Crippen LogP contribution in [0.15, 0.2) is 42.5 Å². The van der Waals surface area contributed by atoms with Gasteiger partial charge in [-0.25, -0.2) is 9.59 Å². The Balaban J connectivity index is 2.70. The standard InChI is InChI=1S/C16H16N2O4/c1-2-10-8-9-12(21-15(17)19)14(22-16(18)20)13(10)11-6-4-3-5-7-11/h3-9H,2H2,1H3,(H2,17,19)(H2,18,20). The molecule has 0 aliphatic heterocycles. The molecule has 0 saturated carbocycles. The molecule has 0 atom stereocenters. The Hall–Kier alpha value is -3.02. The van der Waals surface area contributed by atoms with E-state index in [1.54, 1.807) is 6.07 Å². The highest BCUT2D eigenvalue weighted by atomic mass is 16.6. The summed E-state index contributed by atoms with van der Waals surface area (Å²) in [4.78, 5) is 22.3. The molecule has 0 saturated heterocycles. The molecule has 2 rings (SSSR count). The van der Waals surface area contributed by atoms with Crippen LogP contribution in [0, 0.1) is 0 Å². The second-order valence-electron chi connectivity index (χ2n) is 4.49. The van der Waals surface area contributed by atoms with Crippen molar-refractivity contribution in [3.8, 4) is 22.6 Å². The van der Waals surface area contributed by atoms with Gasteiger partial charge in [-0.15, -0.1) is 0 Å². The van der Waals surface area contributed by atoms with Gasteiger partial charge in [-0.2, -0.15) is 0 Å². The molecule has 114 valence electrons. The van der Waals surface area contributed by atoms with Crippen molar-refractivity contribution in [1.82, 2.24) is 0 Å². The average Bonchev–Trinajstić information content (AvgIpc) is 2.48. The van der Waals surface area contributed by atoms with Crippen molar-refractivity contribution in [3.63, 3.8) is 0 Å². The number of amides is 2. The smallest absolute Gasteiger partial charge is 0.406 e. The molecular weight excluding hydrogens is 284 g/mol. The van der Waals surface area contributed by atoms with Crippen molar-refractivity contribution in [2.75, 3.05) is 0 Å². The van der Waals surface area contributed by atoms with E-state index in [4.69, 9.17) is 20.9 Å². The van der Waals surface area contributed by atoms with Crippen molar-refractivity contribution in [1.29, 1.82) is 0 Å². The number of nitrogens with two attached hydrogens (primary N) is 2. The minimum atomic E-state index is -1.00. The van der Waals surface area contributed by atoms with Crippen LogP contribution in [0.4, 0.5) is 9.59 Å². The highest BCUT2D eigenvalue weighted by molar-refractivity contribution is 5.83. The van der Waals surface area contributed by atoms with Gasteiger partial charge in [0.15, 0.2) is 11.5 Å². The van der Waals surface area contributed by atoms with Crippen LogP contribution in [0.25, 0.3) is 11.1 Å². The summed E-state index contributed by atoms with van der Waals surface area (Å²) in [6.07, 6.45) is -1.31. The fraction of sp³-hybridized carbons (Fsp3) is 0.125. The highest BCUT2D eigenvalue weighted by Gasteiger charge is 2.20. The summed E-state index contributed by atoms with van der Waals surface area (Å²) in [7, 11) is 0. The van der Waals surface area contributed by atoms with Gasteiger partial charge in [0.2, 0.25) is 0 Å². The molecule has 0 radical (unpaired) electrons. The number of aryl methyl sites for hydroxylation is 1. The van der Waals surface area contributed by atoms with Gasteiger partial charge in [0.05, 0.1) is 0 Å². The first kappa shape index (κ1) is 15.4. The quantitative estimate of drug-likeness (QED) is 0.905. The Morgan fingerprint density at radius 2 is 1.59 bits per heavy atom. The fourth-order valence-corrected chi connectivity index (χ4v) is 2.21. The molecule has 0 bridgehead atoms. The minimum absolute atomic E-state index is 0.0438. The maximum Gasteiger partial charge on any atom is 0.410 e. The normalized spacial score (nSPS) is 10.0. The summed E-state index contributed by atoms with van der Waals surface area (Å²) in [6.45, 7) is 1.96. The third-order valence-corrected chi connectivity index (χ3v) is 3.06. The summed E-state index contributed by atoms with van der Waals surface area (Å²) < 4.78 is 9.99. The number of ether oxygens (including phenoxy) is 2. The number of primary amides is 2. The molecule has 0 aliphatic rings. The number of rotatable bonds is 4. The predicted octanol–water partition coefficient (Wildman–Crippen LogP) is 2.83. The summed E-state index contributed by atoms with van der Waals surface area (Å²) in [5, 5.41) is 0. The molecule has 6 nitrogen and oxygen atoms in total. The molecule has 2 amide bonds. The molecule has 2 aromatic rings. The van der Waals surface area contributed by atoms with Gasteiger partial charge < -0.3 is 20.9 Å². The van der Waals surface area contributed by atoms with Gasteiger partial charge in [0.25, 0.3) is 0 Å². The molecule has 0 aromatic heterocycles. The van der Waals surface area contributed by atoms with E-state index in [1.807, 2.05) is 37.3 Å². The summed E-state index contributed by atoms with van der Waals surface area (Å²) in [6, 6.07) is 12.6. The zero-order valence-electron chi connectivity index (χ0n) is 12.0. The lowest BCUT2D eigenvalue weighted by atomic mass is 9.96. The van der Waals surface area contributed by atoms with Crippen molar-refractivity contribution in [2.45, 2.75) is 13.3 Å². The zero-order valence-corrected chi connectivity index (χ0v) is 12.0. The van der Waals surface area contributed by atoms with Crippen LogP contribution in [0.1, 0.15) is 12.5 Å². The lowest BCUT2D eigenvalue weighted by molar-refractivity contribution is 0.200. The number of hydrogen-bond acceptors (Lipinski definition) is 4. The maximum atomic E-state index is 11.2. The number of hydrogen-bond donors (Lipinski definition) is 2. The van der Waals surface area contributed by atoms with Gasteiger partial charge >= 0.3 is 12.2 Å². The van der Waals surface area contributed by atoms with Crippen LogP contribution in [0.3, 0.4) is 0 Å². The summed E-state index contributed by atoms with van der Waals surface area (Å²) in [5.41, 5.74) is 12.5. The fourth-order valence-electron chi connectivity index (χ4n) is 2.21. The number of carbonyl (C=O) groups excluding carboxylic acids is 2. The highest BCUT2D eigenvalue weighted by Crippen LogP contribution is 2.41. The first-order valence-corrected chi connectivity index (χ1v) is 6.68. The van der Waals surface area contributed by atoms with Crippen LogP contribution in [0.2, 0.25) is 0 Å². The zero-order chi connectivity index (χ0) is 16.1. The molecule has 4 N–H and O–H groups in total. The van der Waals surface area contributed by atoms with E-state index < -0.39 is 12.2 Å². The maximum absolute atomic E-state index is 11.2. The minimum Gasteiger partial charge on any atom is -0.406 e. The molecule has 0 fully saturated rings. The van der Waals surface area contributed by atoms with E-state index in [2.05, 4.69) is 0 Å². The molecule has 2 aromatic carbocycles. The monoisotopic (exact) mass is 300 g/mol. The molecule has 6 heteroatoms. The van der Waals surface area contributed by atoms with E-state index in [1.165, 1.54) is 6.07 Å². The lowest BCUT2D eigenvalue weighted by Crippen LogP contribution is -2.20. The van der Waals surface area contributed by atoms with Crippen molar-refractivity contribution >= 4 is 12.2 Å². The Labute approximate surface area is 127 Å². The first-order valence-electron chi connectivity index (χ1n) is 6.68. The van der Waals surface area contributed by atoms with Crippen LogP contribution in [-0.4, -0.2) is 12.2 Å². The molecule has 0 unspecified atom stereocenters. The van der Waals surface area contributed by atoms with E-state index in [0.29, 0.717) is 12.0 Å². The molecule has 0 spiro atoms. The van der Waals surface area contributed by atoms with Crippen LogP contribution < -0.4 is 20.9 Å². The third-order valence-electron chi connectivity index (χ3n) is 3.06.